The second-order valence-corrected chi connectivity index (χ2v) is 8.07. The monoisotopic (exact) mass is 393 g/mol. The highest BCUT2D eigenvalue weighted by molar-refractivity contribution is 7.99. The first kappa shape index (κ1) is 20.3. The SMILES string of the molecule is CSC(C)Cc1nc(SCC(=O)Nc2ccccc2)n(C(=O)N(C)C)n1. The van der Waals surface area contributed by atoms with Crippen molar-refractivity contribution in [2.45, 2.75) is 23.8 Å². The van der Waals surface area contributed by atoms with E-state index in [-0.39, 0.29) is 17.7 Å². The van der Waals surface area contributed by atoms with Gasteiger partial charge in [0.1, 0.15) is 0 Å². The van der Waals surface area contributed by atoms with E-state index in [1.54, 1.807) is 25.9 Å². The molecule has 0 saturated heterocycles. The number of thioether (sulfide) groups is 2. The van der Waals surface area contributed by atoms with Gasteiger partial charge in [0.2, 0.25) is 5.91 Å². The van der Waals surface area contributed by atoms with Crippen LogP contribution in [0, 0.1) is 0 Å². The first-order chi connectivity index (χ1) is 12.4. The summed E-state index contributed by atoms with van der Waals surface area (Å²) in [5, 5.41) is 7.92. The van der Waals surface area contributed by atoms with Gasteiger partial charge in [-0.3, -0.25) is 4.79 Å². The molecule has 26 heavy (non-hydrogen) atoms. The molecule has 0 bridgehead atoms. The molecular weight excluding hydrogens is 370 g/mol. The molecule has 0 saturated carbocycles. The topological polar surface area (TPSA) is 80.1 Å². The third-order valence-electron chi connectivity index (χ3n) is 3.45. The van der Waals surface area contributed by atoms with Crippen LogP contribution in [0.4, 0.5) is 10.5 Å². The molecular formula is C17H23N5O2S2. The fraction of sp³-hybridized carbons (Fsp3) is 0.412. The van der Waals surface area contributed by atoms with Crippen molar-refractivity contribution in [3.05, 3.63) is 36.2 Å². The molecule has 1 unspecified atom stereocenters. The minimum atomic E-state index is -0.286. The number of amides is 2. The van der Waals surface area contributed by atoms with Crippen LogP contribution >= 0.6 is 23.5 Å². The first-order valence-electron chi connectivity index (χ1n) is 8.08. The van der Waals surface area contributed by atoms with Crippen molar-refractivity contribution in [3.8, 4) is 0 Å². The molecule has 0 spiro atoms. The fourth-order valence-electron chi connectivity index (χ4n) is 2.02. The molecule has 0 aliphatic rings. The average Bonchev–Trinajstić information content (AvgIpc) is 3.02. The number of anilines is 1. The first-order valence-corrected chi connectivity index (χ1v) is 10.4. The third kappa shape index (κ3) is 5.77. The van der Waals surface area contributed by atoms with Gasteiger partial charge >= 0.3 is 6.03 Å². The number of para-hydroxylation sites is 1. The zero-order chi connectivity index (χ0) is 19.1. The van der Waals surface area contributed by atoms with Gasteiger partial charge in [0.15, 0.2) is 11.0 Å². The van der Waals surface area contributed by atoms with Gasteiger partial charge in [0.25, 0.3) is 0 Å². The van der Waals surface area contributed by atoms with Crippen molar-refractivity contribution < 1.29 is 9.59 Å². The molecule has 140 valence electrons. The van der Waals surface area contributed by atoms with Gasteiger partial charge in [0, 0.05) is 31.5 Å². The van der Waals surface area contributed by atoms with Gasteiger partial charge in [-0.05, 0) is 18.4 Å². The Morgan fingerprint density at radius 1 is 1.27 bits per heavy atom. The lowest BCUT2D eigenvalue weighted by molar-refractivity contribution is -0.113. The van der Waals surface area contributed by atoms with Crippen LogP contribution < -0.4 is 5.32 Å². The summed E-state index contributed by atoms with van der Waals surface area (Å²) in [6.07, 6.45) is 2.69. The van der Waals surface area contributed by atoms with Crippen LogP contribution in [0.5, 0.6) is 0 Å². The summed E-state index contributed by atoms with van der Waals surface area (Å²) in [6.45, 7) is 2.08. The minimum Gasteiger partial charge on any atom is -0.329 e. The number of benzene rings is 1. The molecule has 0 aliphatic heterocycles. The number of carbonyl (C=O) groups is 2. The van der Waals surface area contributed by atoms with Gasteiger partial charge < -0.3 is 10.2 Å². The smallest absolute Gasteiger partial charge is 0.329 e. The maximum atomic E-state index is 12.3. The standard InChI is InChI=1S/C17H23N5O2S2/c1-12(25-4)10-14-19-16(22(20-14)17(24)21(2)3)26-11-15(23)18-13-8-6-5-7-9-13/h5-9,12H,10-11H2,1-4H3,(H,18,23). The number of aromatic nitrogens is 3. The van der Waals surface area contributed by atoms with Gasteiger partial charge in [-0.15, -0.1) is 5.10 Å². The molecule has 7 nitrogen and oxygen atoms in total. The zero-order valence-electron chi connectivity index (χ0n) is 15.3. The molecule has 2 aromatic rings. The van der Waals surface area contributed by atoms with Crippen molar-refractivity contribution >= 4 is 41.1 Å². The van der Waals surface area contributed by atoms with E-state index in [0.717, 1.165) is 5.69 Å². The summed E-state index contributed by atoms with van der Waals surface area (Å²) in [5.74, 6) is 0.589. The van der Waals surface area contributed by atoms with Crippen LogP contribution in [-0.2, 0) is 11.2 Å². The summed E-state index contributed by atoms with van der Waals surface area (Å²) in [7, 11) is 3.32. The van der Waals surface area contributed by atoms with Gasteiger partial charge in [-0.1, -0.05) is 36.9 Å². The van der Waals surface area contributed by atoms with Crippen LogP contribution in [0.1, 0.15) is 12.7 Å². The van der Waals surface area contributed by atoms with E-state index in [1.807, 2.05) is 36.6 Å². The van der Waals surface area contributed by atoms with Crippen LogP contribution in [0.3, 0.4) is 0 Å². The van der Waals surface area contributed by atoms with E-state index in [4.69, 9.17) is 0 Å². The third-order valence-corrected chi connectivity index (χ3v) is 5.35. The summed E-state index contributed by atoms with van der Waals surface area (Å²) in [4.78, 5) is 30.4. The number of nitrogens with one attached hydrogen (secondary N) is 1. The minimum absolute atomic E-state index is 0.145. The Bertz CT molecular complexity index is 749. The number of hydrogen-bond donors (Lipinski definition) is 1. The lowest BCUT2D eigenvalue weighted by Crippen LogP contribution is -2.29. The zero-order valence-corrected chi connectivity index (χ0v) is 16.9. The van der Waals surface area contributed by atoms with Crippen LogP contribution in [0.2, 0.25) is 0 Å². The second kappa shape index (κ2) is 9.63. The normalized spacial score (nSPS) is 11.8. The number of carbonyl (C=O) groups excluding carboxylic acids is 2. The van der Waals surface area contributed by atoms with Gasteiger partial charge in [-0.25, -0.2) is 9.78 Å². The van der Waals surface area contributed by atoms with E-state index < -0.39 is 0 Å². The van der Waals surface area contributed by atoms with E-state index >= 15 is 0 Å². The summed E-state index contributed by atoms with van der Waals surface area (Å²) >= 11 is 2.91. The molecule has 0 aliphatic carbocycles. The predicted octanol–water partition coefficient (Wildman–Crippen LogP) is 2.83. The molecule has 9 heteroatoms. The Hall–Kier alpha value is -2.00. The summed E-state index contributed by atoms with van der Waals surface area (Å²) < 4.78 is 1.27. The molecule has 2 amide bonds. The molecule has 0 fully saturated rings. The Balaban J connectivity index is 2.08. The molecule has 2 rings (SSSR count). The van der Waals surface area contributed by atoms with Crippen molar-refractivity contribution in [1.82, 2.24) is 19.7 Å². The van der Waals surface area contributed by atoms with Crippen molar-refractivity contribution in [2.75, 3.05) is 31.4 Å². The largest absolute Gasteiger partial charge is 0.346 e. The Kier molecular flexibility index (Phi) is 7.52. The quantitative estimate of drug-likeness (QED) is 0.729. The lowest BCUT2D eigenvalue weighted by atomic mass is 10.3. The summed E-state index contributed by atoms with van der Waals surface area (Å²) in [6, 6.07) is 8.96. The molecule has 1 N–H and O–H groups in total. The van der Waals surface area contributed by atoms with E-state index in [0.29, 0.717) is 22.7 Å². The molecule has 1 aromatic heterocycles. The second-order valence-electron chi connectivity index (χ2n) is 5.85. The van der Waals surface area contributed by atoms with Crippen LogP contribution in [0.25, 0.3) is 0 Å². The Morgan fingerprint density at radius 3 is 2.58 bits per heavy atom. The number of rotatable bonds is 7. The Labute approximate surface area is 161 Å². The van der Waals surface area contributed by atoms with Crippen molar-refractivity contribution in [2.24, 2.45) is 0 Å². The average molecular weight is 394 g/mol. The number of nitrogens with zero attached hydrogens (tertiary/aromatic N) is 4. The highest BCUT2D eigenvalue weighted by Crippen LogP contribution is 2.19. The molecule has 1 atom stereocenters. The van der Waals surface area contributed by atoms with Crippen molar-refractivity contribution in [3.63, 3.8) is 0 Å². The maximum absolute atomic E-state index is 12.3. The molecule has 1 heterocycles. The number of hydrogen-bond acceptors (Lipinski definition) is 6. The van der Waals surface area contributed by atoms with Gasteiger partial charge in [0.05, 0.1) is 5.75 Å². The fourth-order valence-corrected chi connectivity index (χ4v) is 3.08. The predicted molar refractivity (Wildman–Crippen MR) is 107 cm³/mol. The molecule has 1 aromatic carbocycles. The van der Waals surface area contributed by atoms with E-state index in [1.165, 1.54) is 21.3 Å². The lowest BCUT2D eigenvalue weighted by Gasteiger charge is -2.11. The van der Waals surface area contributed by atoms with E-state index in [2.05, 4.69) is 22.3 Å². The van der Waals surface area contributed by atoms with Crippen molar-refractivity contribution in [1.29, 1.82) is 0 Å². The highest BCUT2D eigenvalue weighted by Gasteiger charge is 2.20. The van der Waals surface area contributed by atoms with Crippen LogP contribution in [0.15, 0.2) is 35.5 Å². The maximum Gasteiger partial charge on any atom is 0.346 e. The Morgan fingerprint density at radius 2 is 1.96 bits per heavy atom. The molecule has 0 radical (unpaired) electrons. The van der Waals surface area contributed by atoms with Crippen LogP contribution in [-0.4, -0.2) is 63.0 Å². The summed E-state index contributed by atoms with van der Waals surface area (Å²) in [5.41, 5.74) is 0.735. The highest BCUT2D eigenvalue weighted by atomic mass is 32.2. The van der Waals surface area contributed by atoms with Gasteiger partial charge in [-0.2, -0.15) is 16.4 Å². The van der Waals surface area contributed by atoms with E-state index in [9.17, 15) is 9.59 Å².